The number of nitrogens with zero attached hydrogens (tertiary/aromatic N) is 4. The van der Waals surface area contributed by atoms with E-state index < -0.39 is 18.0 Å². The summed E-state index contributed by atoms with van der Waals surface area (Å²) in [6.07, 6.45) is 3.82. The molecular weight excluding hydrogens is 418 g/mol. The predicted octanol–water partition coefficient (Wildman–Crippen LogP) is 4.18. The second-order valence-corrected chi connectivity index (χ2v) is 8.81. The summed E-state index contributed by atoms with van der Waals surface area (Å²) < 4.78 is 29.0. The van der Waals surface area contributed by atoms with Crippen LogP contribution in [0.25, 0.3) is 10.9 Å². The van der Waals surface area contributed by atoms with Crippen LogP contribution in [0.5, 0.6) is 0 Å². The van der Waals surface area contributed by atoms with Gasteiger partial charge in [0.1, 0.15) is 23.5 Å². The molecule has 0 amide bonds. The normalized spacial score (nSPS) is 25.4. The first-order valence-corrected chi connectivity index (χ1v) is 10.2. The molecule has 1 fully saturated rings. The van der Waals surface area contributed by atoms with Crippen LogP contribution < -0.4 is 11.1 Å². The second-order valence-electron chi connectivity index (χ2n) is 7.11. The maximum Gasteiger partial charge on any atom is 0.179 e. The molecule has 3 heterocycles. The number of pyridine rings is 1. The number of nitrogens with one attached hydrogen (secondary N) is 1. The SMILES string of the molecule is NC1=N[C@](CF)(c2cc(Nc3nncc4cc(Cl)cnc34)ccc2F)C2CC2S1. The largest absolute Gasteiger partial charge is 0.379 e. The lowest BCUT2D eigenvalue weighted by Crippen LogP contribution is -2.36. The van der Waals surface area contributed by atoms with Crippen molar-refractivity contribution in [1.29, 1.82) is 0 Å². The monoisotopic (exact) mass is 432 g/mol. The van der Waals surface area contributed by atoms with Crippen molar-refractivity contribution in [3.05, 3.63) is 53.1 Å². The molecule has 148 valence electrons. The van der Waals surface area contributed by atoms with Crippen molar-refractivity contribution < 1.29 is 8.78 Å². The number of hydrogen-bond acceptors (Lipinski definition) is 7. The van der Waals surface area contributed by atoms with E-state index in [9.17, 15) is 8.78 Å². The smallest absolute Gasteiger partial charge is 0.179 e. The van der Waals surface area contributed by atoms with Gasteiger partial charge in [0.15, 0.2) is 11.0 Å². The summed E-state index contributed by atoms with van der Waals surface area (Å²) in [4.78, 5) is 8.65. The van der Waals surface area contributed by atoms with Crippen LogP contribution in [0.3, 0.4) is 0 Å². The highest BCUT2D eigenvalue weighted by Crippen LogP contribution is 2.58. The van der Waals surface area contributed by atoms with E-state index in [0.717, 1.165) is 6.42 Å². The lowest BCUT2D eigenvalue weighted by Gasteiger charge is -2.31. The topological polar surface area (TPSA) is 89.1 Å². The van der Waals surface area contributed by atoms with E-state index in [-0.39, 0.29) is 16.7 Å². The van der Waals surface area contributed by atoms with E-state index in [0.29, 0.717) is 32.6 Å². The van der Waals surface area contributed by atoms with Crippen molar-refractivity contribution in [1.82, 2.24) is 15.2 Å². The molecule has 0 spiro atoms. The average molecular weight is 433 g/mol. The van der Waals surface area contributed by atoms with Gasteiger partial charge < -0.3 is 11.1 Å². The Labute approximate surface area is 174 Å². The molecule has 5 rings (SSSR count). The Kier molecular flexibility index (Phi) is 4.32. The van der Waals surface area contributed by atoms with E-state index in [4.69, 9.17) is 17.3 Å². The van der Waals surface area contributed by atoms with Gasteiger partial charge in [-0.2, -0.15) is 5.10 Å². The third-order valence-corrected chi connectivity index (χ3v) is 6.65. The summed E-state index contributed by atoms with van der Waals surface area (Å²) in [5, 5.41) is 12.8. The average Bonchev–Trinajstić information content (AvgIpc) is 3.48. The Balaban J connectivity index is 1.57. The van der Waals surface area contributed by atoms with Crippen molar-refractivity contribution in [2.75, 3.05) is 12.0 Å². The molecule has 3 aromatic rings. The molecule has 6 nitrogen and oxygen atoms in total. The number of amidine groups is 1. The highest BCUT2D eigenvalue weighted by Gasteiger charge is 2.58. The first-order valence-electron chi connectivity index (χ1n) is 8.92. The summed E-state index contributed by atoms with van der Waals surface area (Å²) in [5.74, 6) is -0.204. The van der Waals surface area contributed by atoms with Crippen molar-refractivity contribution in [3.63, 3.8) is 0 Å². The van der Waals surface area contributed by atoms with Gasteiger partial charge in [0, 0.05) is 34.0 Å². The highest BCUT2D eigenvalue weighted by molar-refractivity contribution is 8.14. The van der Waals surface area contributed by atoms with Gasteiger partial charge in [0.05, 0.1) is 11.2 Å². The van der Waals surface area contributed by atoms with E-state index in [1.165, 1.54) is 24.0 Å². The molecule has 0 radical (unpaired) electrons. The van der Waals surface area contributed by atoms with E-state index in [1.807, 2.05) is 0 Å². The summed E-state index contributed by atoms with van der Waals surface area (Å²) >= 11 is 7.41. The lowest BCUT2D eigenvalue weighted by molar-refractivity contribution is 0.272. The highest BCUT2D eigenvalue weighted by atomic mass is 35.5. The van der Waals surface area contributed by atoms with Crippen LogP contribution in [0.1, 0.15) is 12.0 Å². The van der Waals surface area contributed by atoms with Crippen molar-refractivity contribution >= 4 is 50.9 Å². The zero-order chi connectivity index (χ0) is 20.2. The van der Waals surface area contributed by atoms with Gasteiger partial charge in [-0.05, 0) is 30.7 Å². The molecule has 0 saturated heterocycles. The fourth-order valence-electron chi connectivity index (χ4n) is 3.83. The summed E-state index contributed by atoms with van der Waals surface area (Å²) in [6.45, 7) is -0.816. The fourth-order valence-corrected chi connectivity index (χ4v) is 5.21. The van der Waals surface area contributed by atoms with Gasteiger partial charge in [-0.1, -0.05) is 23.4 Å². The minimum absolute atomic E-state index is 0.0734. The van der Waals surface area contributed by atoms with Crippen LogP contribution >= 0.6 is 23.4 Å². The molecule has 10 heteroatoms. The summed E-state index contributed by atoms with van der Waals surface area (Å²) in [6, 6.07) is 6.13. The fraction of sp³-hybridized carbons (Fsp3) is 0.263. The number of rotatable bonds is 4. The van der Waals surface area contributed by atoms with Crippen LogP contribution in [0.2, 0.25) is 5.02 Å². The molecule has 1 aliphatic carbocycles. The van der Waals surface area contributed by atoms with Gasteiger partial charge in [-0.15, -0.1) is 5.10 Å². The number of alkyl halides is 1. The van der Waals surface area contributed by atoms with Crippen LogP contribution in [-0.2, 0) is 5.54 Å². The number of halogens is 3. The van der Waals surface area contributed by atoms with E-state index >= 15 is 0 Å². The number of nitrogens with two attached hydrogens (primary N) is 1. The zero-order valence-electron chi connectivity index (χ0n) is 14.9. The molecule has 1 aliphatic heterocycles. The molecule has 29 heavy (non-hydrogen) atoms. The zero-order valence-corrected chi connectivity index (χ0v) is 16.5. The number of aromatic nitrogens is 3. The molecule has 2 aromatic heterocycles. The predicted molar refractivity (Wildman–Crippen MR) is 111 cm³/mol. The van der Waals surface area contributed by atoms with Gasteiger partial charge in [-0.3, -0.25) is 4.98 Å². The number of aliphatic imine (C=N–C) groups is 1. The third kappa shape index (κ3) is 3.08. The quantitative estimate of drug-likeness (QED) is 0.643. The van der Waals surface area contributed by atoms with Crippen molar-refractivity contribution in [2.24, 2.45) is 16.6 Å². The summed E-state index contributed by atoms with van der Waals surface area (Å²) in [5.41, 5.74) is 5.88. The molecule has 1 aromatic carbocycles. The van der Waals surface area contributed by atoms with Crippen LogP contribution in [0, 0.1) is 11.7 Å². The number of anilines is 2. The number of benzene rings is 1. The second kappa shape index (κ2) is 6.77. The van der Waals surface area contributed by atoms with Gasteiger partial charge in [0.2, 0.25) is 0 Å². The Morgan fingerprint density at radius 2 is 2.17 bits per heavy atom. The molecule has 3 atom stereocenters. The number of thioether (sulfide) groups is 1. The van der Waals surface area contributed by atoms with Gasteiger partial charge >= 0.3 is 0 Å². The maximum atomic E-state index is 14.8. The summed E-state index contributed by atoms with van der Waals surface area (Å²) in [7, 11) is 0. The minimum Gasteiger partial charge on any atom is -0.379 e. The van der Waals surface area contributed by atoms with Crippen LogP contribution in [0.15, 0.2) is 41.7 Å². The molecule has 0 bridgehead atoms. The molecule has 3 N–H and O–H groups in total. The van der Waals surface area contributed by atoms with E-state index in [2.05, 4.69) is 25.5 Å². The van der Waals surface area contributed by atoms with Gasteiger partial charge in [0.25, 0.3) is 0 Å². The maximum absolute atomic E-state index is 14.8. The number of hydrogen-bond donors (Lipinski definition) is 2. The van der Waals surface area contributed by atoms with Crippen LogP contribution in [-0.4, -0.2) is 32.3 Å². The molecule has 2 unspecified atom stereocenters. The Bertz CT molecular complexity index is 1160. The number of fused-ring (bicyclic) bond motifs is 2. The molecule has 1 saturated carbocycles. The Hall–Kier alpha value is -2.52. The lowest BCUT2D eigenvalue weighted by atomic mass is 9.86. The first kappa shape index (κ1) is 18.5. The molecular formula is C19H15ClF2N6S. The van der Waals surface area contributed by atoms with Crippen molar-refractivity contribution in [3.8, 4) is 0 Å². The van der Waals surface area contributed by atoms with E-state index in [1.54, 1.807) is 24.4 Å². The first-order chi connectivity index (χ1) is 14.0. The Morgan fingerprint density at radius 1 is 1.31 bits per heavy atom. The van der Waals surface area contributed by atoms with Crippen LogP contribution in [0.4, 0.5) is 20.3 Å². The minimum atomic E-state index is -1.29. The van der Waals surface area contributed by atoms with Crippen molar-refractivity contribution in [2.45, 2.75) is 17.2 Å². The third-order valence-electron chi connectivity index (χ3n) is 5.29. The standard InChI is InChI=1S/C19H15ClF2N6S/c20-10-3-9-6-25-28-17(16(9)24-7-10)26-11-1-2-14(22)12(4-11)19(8-21)13-5-15(13)29-18(23)27-19/h1-4,6-7,13,15H,5,8H2,(H2,23,27)(H,26,28)/t13?,15?,19-/m1/s1. The molecule has 2 aliphatic rings. The Morgan fingerprint density at radius 3 is 3.00 bits per heavy atom. The van der Waals surface area contributed by atoms with Gasteiger partial charge in [-0.25, -0.2) is 13.8 Å².